The third-order valence-electron chi connectivity index (χ3n) is 14.1. The Balaban J connectivity index is 1.08. The molecule has 7 heteroatoms. The van der Waals surface area contributed by atoms with Crippen molar-refractivity contribution in [2.75, 3.05) is 0 Å². The molecule has 0 saturated heterocycles. The summed E-state index contributed by atoms with van der Waals surface area (Å²) >= 11 is 0. The highest BCUT2D eigenvalue weighted by molar-refractivity contribution is 7.19. The van der Waals surface area contributed by atoms with E-state index in [2.05, 4.69) is 45.5 Å². The van der Waals surface area contributed by atoms with E-state index in [4.69, 9.17) is 27.3 Å². The molecule has 15 aromatic rings. The van der Waals surface area contributed by atoms with Crippen molar-refractivity contribution in [3.05, 3.63) is 279 Å². The molecule has 0 radical (unpaired) electrons. The lowest BCUT2D eigenvalue weighted by molar-refractivity contribution is 0.950. The van der Waals surface area contributed by atoms with E-state index in [9.17, 15) is 13.7 Å². The molecule has 0 aliphatic carbocycles. The van der Waals surface area contributed by atoms with Crippen molar-refractivity contribution >= 4 is 94.2 Å². The van der Waals surface area contributed by atoms with Gasteiger partial charge in [-0.15, -0.1) is 0 Å². The molecule has 15 rings (SSSR count). The number of fused-ring (bicyclic) bond motifs is 9. The van der Waals surface area contributed by atoms with Crippen LogP contribution in [0.4, 0.5) is 0 Å². The molecular weight excluding hydrogens is 941 g/mol. The first-order valence-electron chi connectivity index (χ1n) is 33.8. The number of para-hydroxylation sites is 6. The van der Waals surface area contributed by atoms with Crippen LogP contribution in [0.2, 0.25) is 0 Å². The van der Waals surface area contributed by atoms with Crippen molar-refractivity contribution in [1.29, 1.82) is 0 Å². The predicted molar refractivity (Wildman–Crippen MR) is 317 cm³/mol. The normalized spacial score (nSPS) is 15.4. The highest BCUT2D eigenvalue weighted by Crippen LogP contribution is 2.43. The first kappa shape index (κ1) is 28.5. The van der Waals surface area contributed by atoms with Gasteiger partial charge in [0.15, 0.2) is 19.7 Å². The predicted octanol–water partition coefficient (Wildman–Crippen LogP) is 13.9. The maximum absolute atomic E-state index is 10.3. The monoisotopic (exact) mass is 1010 g/mol. The van der Waals surface area contributed by atoms with Gasteiger partial charge in [0.05, 0.1) is 70.5 Å². The molecule has 11 aromatic carbocycles. The summed E-state index contributed by atoms with van der Waals surface area (Å²) in [6, 6.07) is 34.9. The highest BCUT2D eigenvalue weighted by Gasteiger charge is 2.41. The van der Waals surface area contributed by atoms with E-state index in [-0.39, 0.29) is 11.1 Å². The zero-order valence-electron chi connectivity index (χ0n) is 58.8. The van der Waals surface area contributed by atoms with E-state index >= 15 is 0 Å². The average molecular weight is 1010 g/mol. The molecule has 0 aliphatic heterocycles. The molecule has 0 aliphatic rings. The molecule has 4 heterocycles. The highest BCUT2D eigenvalue weighted by atomic mass is 28.3. The van der Waals surface area contributed by atoms with Crippen LogP contribution in [0, 0.1) is 0 Å². The summed E-state index contributed by atoms with van der Waals surface area (Å²) < 4.78 is 184. The van der Waals surface area contributed by atoms with Gasteiger partial charge in [-0.25, -0.2) is 4.98 Å². The first-order chi connectivity index (χ1) is 45.6. The van der Waals surface area contributed by atoms with Crippen LogP contribution in [0.25, 0.3) is 106 Å². The van der Waals surface area contributed by atoms with Crippen LogP contribution in [0.15, 0.2) is 279 Å². The molecule has 6 nitrogen and oxygen atoms in total. The standard InChI is InChI=1S/C69H46N6Si/c1-5-23-47(24-6-1)67-70-68(48-43-45-52(46-44-48)76(49-25-7-2-8-26-49,50-27-9-3-10-28-50)51-29-11-4-12-30-51)72-69(71-67)75-62-40-20-16-34-56(62)58-36-22-42-64(66(58)75)74-61-39-19-15-33-55(61)57-35-21-41-63(65(57)74)73-59-37-17-13-31-53(59)54-32-14-18-38-60(54)73/h1-46H/i1D,2D,3D,5D,6D,7D,8D,9D,10D,23D,24D,25D,26D,27D,28D,43D,44D,45D,46D. The Hall–Kier alpha value is -9.95. The molecule has 76 heavy (non-hydrogen) atoms. The van der Waals surface area contributed by atoms with E-state index in [1.807, 2.05) is 91.0 Å². The molecular formula is C69H46N6Si. The Morgan fingerprint density at radius 1 is 0.289 bits per heavy atom. The van der Waals surface area contributed by atoms with Crippen LogP contribution in [0.3, 0.4) is 0 Å². The summed E-state index contributed by atoms with van der Waals surface area (Å²) in [5, 5.41) is 3.35. The summed E-state index contributed by atoms with van der Waals surface area (Å²) in [7, 11) is -5.44. The fraction of sp³-hybridized carbons (Fsp3) is 0. The Bertz CT molecular complexity index is 5650. The van der Waals surface area contributed by atoms with E-state index in [0.29, 0.717) is 27.5 Å². The molecule has 0 bridgehead atoms. The number of hydrogen-bond acceptors (Lipinski definition) is 3. The van der Waals surface area contributed by atoms with Crippen LogP contribution < -0.4 is 20.7 Å². The number of benzene rings is 11. The zero-order chi connectivity index (χ0) is 66.7. The minimum absolute atomic E-state index is 0.0378. The molecule has 356 valence electrons. The van der Waals surface area contributed by atoms with E-state index in [0.717, 1.165) is 49.3 Å². The van der Waals surface area contributed by atoms with Gasteiger partial charge in [0.1, 0.15) is 0 Å². The van der Waals surface area contributed by atoms with Gasteiger partial charge in [0.2, 0.25) is 5.95 Å². The molecule has 0 N–H and O–H groups in total. The average Bonchev–Trinajstić information content (AvgIpc) is 1.02. The van der Waals surface area contributed by atoms with Crippen molar-refractivity contribution < 1.29 is 26.0 Å². The lowest BCUT2D eigenvalue weighted by atomic mass is 10.1. The smallest absolute Gasteiger partial charge is 0.238 e. The second-order valence-corrected chi connectivity index (χ2v) is 21.6. The maximum atomic E-state index is 10.3. The molecule has 0 atom stereocenters. The topological polar surface area (TPSA) is 53.5 Å². The van der Waals surface area contributed by atoms with Gasteiger partial charge in [-0.2, -0.15) is 9.97 Å². The van der Waals surface area contributed by atoms with Crippen LogP contribution in [0.1, 0.15) is 26.0 Å². The zero-order valence-corrected chi connectivity index (χ0v) is 40.8. The third-order valence-corrected chi connectivity index (χ3v) is 18.3. The Morgan fingerprint density at radius 3 is 1.20 bits per heavy atom. The number of nitrogens with zero attached hydrogens (tertiary/aromatic N) is 6. The summed E-state index contributed by atoms with van der Waals surface area (Å²) in [5.74, 6) is -1.42. The van der Waals surface area contributed by atoms with Gasteiger partial charge in [0.25, 0.3) is 0 Å². The number of hydrogen-bond donors (Lipinski definition) is 0. The maximum Gasteiger partial charge on any atom is 0.238 e. The molecule has 4 aromatic heterocycles. The Kier molecular flexibility index (Phi) is 6.61. The number of aromatic nitrogens is 6. The van der Waals surface area contributed by atoms with Crippen LogP contribution in [0.5, 0.6) is 0 Å². The van der Waals surface area contributed by atoms with E-state index < -0.39 is 161 Å². The van der Waals surface area contributed by atoms with Gasteiger partial charge in [-0.1, -0.05) is 242 Å². The molecule has 0 saturated carbocycles. The number of rotatable bonds is 9. The lowest BCUT2D eigenvalue weighted by Crippen LogP contribution is -2.74. The van der Waals surface area contributed by atoms with Crippen molar-refractivity contribution in [2.24, 2.45) is 0 Å². The Morgan fingerprint density at radius 2 is 0.671 bits per heavy atom. The van der Waals surface area contributed by atoms with E-state index in [1.54, 1.807) is 16.7 Å². The SMILES string of the molecule is [2H]c1c([2H])c([2H])c(-c2nc(-c3c([2H])c([2H])c([Si](c4ccccc4)(c4c([2H])c([2H])c([2H])c([2H])c4[2H])c4c([2H])c([2H])c([2H])c([2H])c4[2H])c([2H])c3[2H])nc(-n3c4ccccc4c4cccc(-n5c6ccccc6c6cccc(-n7c8ccccc8c8ccccc87)c65)c43)n2)c([2H])c1[2H]. The third kappa shape index (κ3) is 6.62. The van der Waals surface area contributed by atoms with Crippen molar-refractivity contribution in [1.82, 2.24) is 28.7 Å². The van der Waals surface area contributed by atoms with Crippen molar-refractivity contribution in [3.8, 4) is 40.1 Å². The van der Waals surface area contributed by atoms with Crippen molar-refractivity contribution in [2.45, 2.75) is 0 Å². The largest absolute Gasteiger partial charge is 0.307 e. The quantitative estimate of drug-likeness (QED) is 0.107. The van der Waals surface area contributed by atoms with Gasteiger partial charge in [-0.3, -0.25) is 4.57 Å². The molecule has 0 fully saturated rings. The molecule has 0 amide bonds. The second-order valence-electron chi connectivity index (χ2n) is 18.1. The van der Waals surface area contributed by atoms with E-state index in [1.165, 1.54) is 24.3 Å². The summed E-state index contributed by atoms with van der Waals surface area (Å²) in [6.45, 7) is 0. The second kappa shape index (κ2) is 17.6. The van der Waals surface area contributed by atoms with Crippen LogP contribution in [-0.2, 0) is 0 Å². The fourth-order valence-electron chi connectivity index (χ4n) is 11.0. The van der Waals surface area contributed by atoms with Gasteiger partial charge in [-0.05, 0) is 57.1 Å². The minimum atomic E-state index is -5.44. The first-order valence-corrected chi connectivity index (χ1v) is 26.3. The fourth-order valence-corrected chi connectivity index (χ4v) is 14.8. The minimum Gasteiger partial charge on any atom is -0.307 e. The lowest BCUT2D eigenvalue weighted by Gasteiger charge is -2.34. The van der Waals surface area contributed by atoms with Crippen molar-refractivity contribution in [3.63, 3.8) is 0 Å². The van der Waals surface area contributed by atoms with Gasteiger partial charge >= 0.3 is 0 Å². The summed E-state index contributed by atoms with van der Waals surface area (Å²) in [5.41, 5.74) is 4.81. The molecule has 0 unspecified atom stereocenters. The van der Waals surface area contributed by atoms with Crippen LogP contribution >= 0.6 is 0 Å². The summed E-state index contributed by atoms with van der Waals surface area (Å²) in [6.07, 6.45) is 0. The van der Waals surface area contributed by atoms with Gasteiger partial charge < -0.3 is 9.13 Å². The Labute approximate surface area is 466 Å². The summed E-state index contributed by atoms with van der Waals surface area (Å²) in [4.78, 5) is 14.8. The van der Waals surface area contributed by atoms with Gasteiger partial charge in [0, 0.05) is 43.4 Å². The molecule has 0 spiro atoms. The van der Waals surface area contributed by atoms with Crippen LogP contribution in [-0.4, -0.2) is 36.7 Å².